The average Bonchev–Trinajstić information content (AvgIpc) is 3.00. The standard InChI is InChI=1S/C25H28ClN3O/c1-4-24-12-11-22(21-10-9-20(30)13-17(21)14-27)25(28,18-5-7-19(26)8-6-18)23(24)15(2)29-16(24)3/h5-10,13,15,22-23,29-30H,3-4,11-12,28H2,1-2H3. The van der Waals surface area contributed by atoms with E-state index in [-0.39, 0.29) is 29.0 Å². The lowest BCUT2D eigenvalue weighted by molar-refractivity contribution is 0.0383. The quantitative estimate of drug-likeness (QED) is 0.638. The molecule has 0 aromatic heterocycles. The lowest BCUT2D eigenvalue weighted by atomic mass is 9.50. The second-order valence-corrected chi connectivity index (χ2v) is 9.25. The van der Waals surface area contributed by atoms with Crippen LogP contribution in [0.1, 0.15) is 55.7 Å². The van der Waals surface area contributed by atoms with Crippen LogP contribution < -0.4 is 11.1 Å². The van der Waals surface area contributed by atoms with Crippen molar-refractivity contribution in [3.05, 3.63) is 76.5 Å². The Balaban J connectivity index is 1.97. The smallest absolute Gasteiger partial charge is 0.116 e. The molecule has 5 unspecified atom stereocenters. The average molecular weight is 422 g/mol. The zero-order valence-corrected chi connectivity index (χ0v) is 18.2. The van der Waals surface area contributed by atoms with Crippen LogP contribution >= 0.6 is 11.6 Å². The van der Waals surface area contributed by atoms with Crippen LogP contribution in [-0.4, -0.2) is 11.1 Å². The van der Waals surface area contributed by atoms with E-state index >= 15 is 0 Å². The van der Waals surface area contributed by atoms with Crippen LogP contribution in [0, 0.1) is 22.7 Å². The molecule has 1 saturated heterocycles. The molecule has 0 amide bonds. The predicted octanol–water partition coefficient (Wildman–Crippen LogP) is 5.17. The Bertz CT molecular complexity index is 1030. The Labute approximate surface area is 183 Å². The normalized spacial score (nSPS) is 32.9. The highest BCUT2D eigenvalue weighted by molar-refractivity contribution is 6.30. The maximum atomic E-state index is 9.93. The van der Waals surface area contributed by atoms with Gasteiger partial charge in [0.25, 0.3) is 0 Å². The molecule has 0 bridgehead atoms. The van der Waals surface area contributed by atoms with Gasteiger partial charge in [-0.3, -0.25) is 0 Å². The van der Waals surface area contributed by atoms with Crippen molar-refractivity contribution < 1.29 is 5.11 Å². The maximum Gasteiger partial charge on any atom is 0.116 e. The van der Waals surface area contributed by atoms with Crippen LogP contribution in [0.25, 0.3) is 0 Å². The highest BCUT2D eigenvalue weighted by atomic mass is 35.5. The Morgan fingerprint density at radius 2 is 2.00 bits per heavy atom. The van der Waals surface area contributed by atoms with Gasteiger partial charge in [-0.25, -0.2) is 0 Å². The van der Waals surface area contributed by atoms with Crippen molar-refractivity contribution in [2.75, 3.05) is 0 Å². The fourth-order valence-electron chi connectivity index (χ4n) is 6.29. The largest absolute Gasteiger partial charge is 0.508 e. The number of hydrogen-bond donors (Lipinski definition) is 3. The molecule has 1 saturated carbocycles. The third-order valence-corrected chi connectivity index (χ3v) is 7.83. The van der Waals surface area contributed by atoms with Crippen LogP contribution in [0.3, 0.4) is 0 Å². The summed E-state index contributed by atoms with van der Waals surface area (Å²) in [6.45, 7) is 8.76. The predicted molar refractivity (Wildman–Crippen MR) is 120 cm³/mol. The van der Waals surface area contributed by atoms with E-state index in [1.165, 1.54) is 6.07 Å². The first-order valence-electron chi connectivity index (χ1n) is 10.5. The SMILES string of the molecule is C=C1NC(C)C2C1(CC)CCC(c1ccc(O)cc1C#N)C2(N)c1ccc(Cl)cc1. The number of rotatable bonds is 3. The monoisotopic (exact) mass is 421 g/mol. The number of phenols is 1. The van der Waals surface area contributed by atoms with Gasteiger partial charge >= 0.3 is 0 Å². The first kappa shape index (κ1) is 20.8. The van der Waals surface area contributed by atoms with Gasteiger partial charge in [0.2, 0.25) is 0 Å². The molecule has 2 aromatic carbocycles. The lowest BCUT2D eigenvalue weighted by Crippen LogP contribution is -2.59. The molecular weight excluding hydrogens is 394 g/mol. The number of nitrogens with two attached hydrogens (primary N) is 1. The van der Waals surface area contributed by atoms with Crippen molar-refractivity contribution >= 4 is 11.6 Å². The van der Waals surface area contributed by atoms with E-state index in [0.29, 0.717) is 10.6 Å². The molecule has 4 nitrogen and oxygen atoms in total. The molecule has 156 valence electrons. The first-order valence-corrected chi connectivity index (χ1v) is 10.9. The van der Waals surface area contributed by atoms with E-state index in [1.54, 1.807) is 6.07 Å². The summed E-state index contributed by atoms with van der Waals surface area (Å²) in [5, 5.41) is 24.0. The summed E-state index contributed by atoms with van der Waals surface area (Å²) < 4.78 is 0. The molecule has 2 aliphatic rings. The van der Waals surface area contributed by atoms with Gasteiger partial charge in [0.05, 0.1) is 17.2 Å². The number of nitrogens with one attached hydrogen (secondary N) is 1. The van der Waals surface area contributed by atoms with Crippen molar-refractivity contribution in [1.29, 1.82) is 5.26 Å². The molecule has 4 rings (SSSR count). The minimum atomic E-state index is -0.729. The Hall–Kier alpha value is -2.48. The molecule has 30 heavy (non-hydrogen) atoms. The van der Waals surface area contributed by atoms with Crippen molar-refractivity contribution in [3.8, 4) is 11.8 Å². The van der Waals surface area contributed by atoms with Crippen LogP contribution in [-0.2, 0) is 5.54 Å². The second-order valence-electron chi connectivity index (χ2n) is 8.81. The molecule has 1 aliphatic heterocycles. The Morgan fingerprint density at radius 1 is 1.30 bits per heavy atom. The highest BCUT2D eigenvalue weighted by Gasteiger charge is 2.62. The molecule has 2 fully saturated rings. The minimum absolute atomic E-state index is 0.0752. The maximum absolute atomic E-state index is 9.93. The van der Waals surface area contributed by atoms with E-state index in [2.05, 4.69) is 31.8 Å². The zero-order chi connectivity index (χ0) is 21.7. The first-order chi connectivity index (χ1) is 14.3. The van der Waals surface area contributed by atoms with Gasteiger partial charge in [-0.2, -0.15) is 5.26 Å². The van der Waals surface area contributed by atoms with Crippen LogP contribution in [0.15, 0.2) is 54.7 Å². The molecule has 5 atom stereocenters. The van der Waals surface area contributed by atoms with E-state index in [1.807, 2.05) is 30.3 Å². The molecular formula is C25H28ClN3O. The lowest BCUT2D eigenvalue weighted by Gasteiger charge is -2.55. The van der Waals surface area contributed by atoms with Crippen molar-refractivity contribution in [2.24, 2.45) is 17.1 Å². The number of hydrogen-bond acceptors (Lipinski definition) is 4. The summed E-state index contributed by atoms with van der Waals surface area (Å²) in [7, 11) is 0. The van der Waals surface area contributed by atoms with Gasteiger partial charge in [-0.1, -0.05) is 43.3 Å². The topological polar surface area (TPSA) is 82.1 Å². The van der Waals surface area contributed by atoms with Gasteiger partial charge in [0.15, 0.2) is 0 Å². The van der Waals surface area contributed by atoms with Gasteiger partial charge in [-0.15, -0.1) is 0 Å². The summed E-state index contributed by atoms with van der Waals surface area (Å²) in [6.07, 6.45) is 2.73. The molecule has 1 aliphatic carbocycles. The number of halogens is 1. The number of nitriles is 1. The summed E-state index contributed by atoms with van der Waals surface area (Å²) in [6, 6.07) is 15.2. The summed E-state index contributed by atoms with van der Waals surface area (Å²) in [4.78, 5) is 0. The summed E-state index contributed by atoms with van der Waals surface area (Å²) in [5.74, 6) is 0.115. The minimum Gasteiger partial charge on any atom is -0.508 e. The van der Waals surface area contributed by atoms with E-state index in [9.17, 15) is 10.4 Å². The summed E-state index contributed by atoms with van der Waals surface area (Å²) in [5.41, 5.74) is 10.1. The Kier molecular flexibility index (Phi) is 5.08. The molecule has 2 aromatic rings. The fourth-order valence-corrected chi connectivity index (χ4v) is 6.42. The summed E-state index contributed by atoms with van der Waals surface area (Å²) >= 11 is 6.19. The van der Waals surface area contributed by atoms with Gasteiger partial charge in [0, 0.05) is 34.0 Å². The second kappa shape index (κ2) is 7.34. The van der Waals surface area contributed by atoms with Crippen molar-refractivity contribution in [3.63, 3.8) is 0 Å². The van der Waals surface area contributed by atoms with Gasteiger partial charge < -0.3 is 16.2 Å². The van der Waals surface area contributed by atoms with Crippen LogP contribution in [0.5, 0.6) is 5.75 Å². The number of aromatic hydroxyl groups is 1. The molecule has 0 spiro atoms. The van der Waals surface area contributed by atoms with Crippen LogP contribution in [0.2, 0.25) is 5.02 Å². The molecule has 0 radical (unpaired) electrons. The van der Waals surface area contributed by atoms with E-state index in [4.69, 9.17) is 17.3 Å². The molecule has 1 heterocycles. The number of phenolic OH excluding ortho intramolecular Hbond substituents is 1. The fraction of sp³-hybridized carbons (Fsp3) is 0.400. The zero-order valence-electron chi connectivity index (χ0n) is 17.5. The highest BCUT2D eigenvalue weighted by Crippen LogP contribution is 2.63. The number of fused-ring (bicyclic) bond motifs is 1. The van der Waals surface area contributed by atoms with Crippen molar-refractivity contribution in [2.45, 2.75) is 50.6 Å². The van der Waals surface area contributed by atoms with Crippen molar-refractivity contribution in [1.82, 2.24) is 5.32 Å². The number of allylic oxidation sites excluding steroid dienone is 1. The van der Waals surface area contributed by atoms with E-state index in [0.717, 1.165) is 36.1 Å². The van der Waals surface area contributed by atoms with Gasteiger partial charge in [-0.05, 0) is 61.6 Å². The third kappa shape index (κ3) is 2.84. The number of benzene rings is 2. The van der Waals surface area contributed by atoms with Gasteiger partial charge in [0.1, 0.15) is 5.75 Å². The van der Waals surface area contributed by atoms with E-state index < -0.39 is 5.54 Å². The van der Waals surface area contributed by atoms with Crippen LogP contribution in [0.4, 0.5) is 0 Å². The molecule has 5 heteroatoms. The third-order valence-electron chi connectivity index (χ3n) is 7.58. The number of nitrogens with zero attached hydrogens (tertiary/aromatic N) is 1. The molecule has 4 N–H and O–H groups in total. The Morgan fingerprint density at radius 3 is 2.63 bits per heavy atom.